The number of anilines is 2. The summed E-state index contributed by atoms with van der Waals surface area (Å²) >= 11 is 5.83. The number of carbonyl (C=O) groups excluding carboxylic acids is 1. The first-order valence-corrected chi connectivity index (χ1v) is 6.25. The van der Waals surface area contributed by atoms with Gasteiger partial charge in [0.05, 0.1) is 16.4 Å². The Morgan fingerprint density at radius 3 is 2.62 bits per heavy atom. The van der Waals surface area contributed by atoms with Crippen LogP contribution in [0.1, 0.15) is 10.4 Å². The average molecular weight is 313 g/mol. The maximum absolute atomic E-state index is 12.3. The Balaban J connectivity index is 2.21. The lowest BCUT2D eigenvalue weighted by Gasteiger charge is -2.12. The molecule has 3 N–H and O–H groups in total. The molecule has 0 atom stereocenters. The molecule has 1 amide bonds. The van der Waals surface area contributed by atoms with Gasteiger partial charge in [-0.25, -0.2) is 0 Å². The van der Waals surface area contributed by atoms with Crippen molar-refractivity contribution in [2.45, 2.75) is 6.61 Å². The zero-order valence-corrected chi connectivity index (χ0v) is 11.4. The van der Waals surface area contributed by atoms with Crippen LogP contribution in [0, 0.1) is 0 Å². The van der Waals surface area contributed by atoms with Crippen LogP contribution in [0.4, 0.5) is 20.2 Å². The van der Waals surface area contributed by atoms with E-state index in [1.54, 1.807) is 6.07 Å². The second-order valence-corrected chi connectivity index (χ2v) is 4.47. The first-order valence-electron chi connectivity index (χ1n) is 5.87. The Labute approximate surface area is 124 Å². The van der Waals surface area contributed by atoms with E-state index in [1.165, 1.54) is 36.4 Å². The monoisotopic (exact) mass is 312 g/mol. The zero-order chi connectivity index (χ0) is 15.4. The van der Waals surface area contributed by atoms with E-state index in [1.807, 2.05) is 0 Å². The van der Waals surface area contributed by atoms with Crippen molar-refractivity contribution in [1.82, 2.24) is 0 Å². The van der Waals surface area contributed by atoms with Crippen LogP contribution in [0.15, 0.2) is 42.5 Å². The van der Waals surface area contributed by atoms with Crippen molar-refractivity contribution in [2.24, 2.45) is 0 Å². The van der Waals surface area contributed by atoms with Gasteiger partial charge in [-0.2, -0.15) is 8.78 Å². The summed E-state index contributed by atoms with van der Waals surface area (Å²) in [5.74, 6) is -0.635. The molecule has 0 heterocycles. The van der Waals surface area contributed by atoms with E-state index in [0.717, 1.165) is 0 Å². The van der Waals surface area contributed by atoms with Crippen LogP contribution in [-0.2, 0) is 0 Å². The molecule has 0 unspecified atom stereocenters. The van der Waals surface area contributed by atoms with E-state index >= 15 is 0 Å². The molecule has 0 fully saturated rings. The standard InChI is InChI=1S/C14H11ClF2N2O2/c15-9-7-8(5-6-10(9)18)13(20)19-11-3-1-2-4-12(11)21-14(16)17/h1-7,14H,18H2,(H,19,20). The largest absolute Gasteiger partial charge is 0.433 e. The van der Waals surface area contributed by atoms with Crippen molar-refractivity contribution in [2.75, 3.05) is 11.1 Å². The maximum Gasteiger partial charge on any atom is 0.387 e. The molecule has 0 aliphatic carbocycles. The van der Waals surface area contributed by atoms with Gasteiger partial charge in [0.25, 0.3) is 5.91 Å². The highest BCUT2D eigenvalue weighted by molar-refractivity contribution is 6.33. The summed E-state index contributed by atoms with van der Waals surface area (Å²) in [4.78, 5) is 12.1. The number of ether oxygens (including phenoxy) is 1. The quantitative estimate of drug-likeness (QED) is 0.845. The van der Waals surface area contributed by atoms with E-state index in [-0.39, 0.29) is 22.0 Å². The second kappa shape index (κ2) is 6.41. The lowest BCUT2D eigenvalue weighted by molar-refractivity contribution is -0.0493. The van der Waals surface area contributed by atoms with Gasteiger partial charge in [0, 0.05) is 5.56 Å². The van der Waals surface area contributed by atoms with Gasteiger partial charge in [-0.15, -0.1) is 0 Å². The number of para-hydroxylation sites is 2. The number of amides is 1. The van der Waals surface area contributed by atoms with Gasteiger partial charge < -0.3 is 15.8 Å². The smallest absolute Gasteiger partial charge is 0.387 e. The van der Waals surface area contributed by atoms with Crippen molar-refractivity contribution in [1.29, 1.82) is 0 Å². The maximum atomic E-state index is 12.3. The molecule has 0 saturated carbocycles. The normalized spacial score (nSPS) is 10.5. The van der Waals surface area contributed by atoms with Crippen molar-refractivity contribution in [3.8, 4) is 5.75 Å². The fourth-order valence-electron chi connectivity index (χ4n) is 1.63. The molecule has 2 aromatic carbocycles. The molecule has 0 aliphatic rings. The number of benzene rings is 2. The molecule has 7 heteroatoms. The summed E-state index contributed by atoms with van der Waals surface area (Å²) in [6, 6.07) is 10.2. The van der Waals surface area contributed by atoms with Gasteiger partial charge in [0.15, 0.2) is 0 Å². The van der Waals surface area contributed by atoms with Gasteiger partial charge in [-0.3, -0.25) is 4.79 Å². The van der Waals surface area contributed by atoms with Crippen LogP contribution in [0.3, 0.4) is 0 Å². The van der Waals surface area contributed by atoms with Crippen LogP contribution in [0.2, 0.25) is 5.02 Å². The van der Waals surface area contributed by atoms with Gasteiger partial charge in [0.2, 0.25) is 0 Å². The Morgan fingerprint density at radius 2 is 1.95 bits per heavy atom. The molecule has 0 saturated heterocycles. The topological polar surface area (TPSA) is 64.4 Å². The number of rotatable bonds is 4. The highest BCUT2D eigenvalue weighted by Gasteiger charge is 2.13. The first kappa shape index (κ1) is 15.1. The third kappa shape index (κ3) is 3.82. The van der Waals surface area contributed by atoms with E-state index in [2.05, 4.69) is 10.1 Å². The van der Waals surface area contributed by atoms with E-state index in [4.69, 9.17) is 17.3 Å². The molecular formula is C14H11ClF2N2O2. The molecule has 0 aromatic heterocycles. The number of carbonyl (C=O) groups is 1. The fourth-order valence-corrected chi connectivity index (χ4v) is 1.81. The minimum atomic E-state index is -2.98. The van der Waals surface area contributed by atoms with Crippen molar-refractivity contribution >= 4 is 28.9 Å². The lowest BCUT2D eigenvalue weighted by Crippen LogP contribution is -2.14. The molecule has 0 radical (unpaired) electrons. The van der Waals surface area contributed by atoms with Crippen molar-refractivity contribution < 1.29 is 18.3 Å². The SMILES string of the molecule is Nc1ccc(C(=O)Nc2ccccc2OC(F)F)cc1Cl. The molecular weight excluding hydrogens is 302 g/mol. The Bertz CT molecular complexity index is 665. The summed E-state index contributed by atoms with van der Waals surface area (Å²) < 4.78 is 28.9. The zero-order valence-electron chi connectivity index (χ0n) is 10.6. The van der Waals surface area contributed by atoms with Crippen LogP contribution in [0.25, 0.3) is 0 Å². The number of nitrogens with two attached hydrogens (primary N) is 1. The molecule has 110 valence electrons. The Morgan fingerprint density at radius 1 is 1.24 bits per heavy atom. The predicted octanol–water partition coefficient (Wildman–Crippen LogP) is 3.78. The number of hydrogen-bond acceptors (Lipinski definition) is 3. The third-order valence-corrected chi connectivity index (χ3v) is 2.94. The molecule has 2 aromatic rings. The number of nitrogens with one attached hydrogen (secondary N) is 1. The Kier molecular flexibility index (Phi) is 4.59. The minimum Gasteiger partial charge on any atom is -0.433 e. The van der Waals surface area contributed by atoms with Gasteiger partial charge in [-0.1, -0.05) is 23.7 Å². The van der Waals surface area contributed by atoms with Crippen LogP contribution in [0.5, 0.6) is 5.75 Å². The Hall–Kier alpha value is -2.34. The van der Waals surface area contributed by atoms with E-state index < -0.39 is 12.5 Å². The third-order valence-electron chi connectivity index (χ3n) is 2.61. The van der Waals surface area contributed by atoms with Crippen LogP contribution in [-0.4, -0.2) is 12.5 Å². The summed E-state index contributed by atoms with van der Waals surface area (Å²) in [5, 5.41) is 2.72. The second-order valence-electron chi connectivity index (χ2n) is 4.07. The predicted molar refractivity (Wildman–Crippen MR) is 76.9 cm³/mol. The molecule has 0 aliphatic heterocycles. The van der Waals surface area contributed by atoms with E-state index in [9.17, 15) is 13.6 Å². The molecule has 4 nitrogen and oxygen atoms in total. The first-order chi connectivity index (χ1) is 9.97. The fraction of sp³-hybridized carbons (Fsp3) is 0.0714. The van der Waals surface area contributed by atoms with Gasteiger partial charge in [0.1, 0.15) is 5.75 Å². The number of alkyl halides is 2. The molecule has 0 spiro atoms. The minimum absolute atomic E-state index is 0.123. The van der Waals surface area contributed by atoms with Gasteiger partial charge in [-0.05, 0) is 30.3 Å². The number of hydrogen-bond donors (Lipinski definition) is 2. The van der Waals surface area contributed by atoms with Crippen LogP contribution >= 0.6 is 11.6 Å². The summed E-state index contributed by atoms with van der Waals surface area (Å²) in [7, 11) is 0. The van der Waals surface area contributed by atoms with Crippen LogP contribution < -0.4 is 15.8 Å². The number of halogens is 3. The average Bonchev–Trinajstić information content (AvgIpc) is 2.43. The highest BCUT2D eigenvalue weighted by atomic mass is 35.5. The summed E-state index contributed by atoms with van der Waals surface area (Å²) in [6.45, 7) is -2.98. The highest BCUT2D eigenvalue weighted by Crippen LogP contribution is 2.26. The molecule has 2 rings (SSSR count). The van der Waals surface area contributed by atoms with Crippen molar-refractivity contribution in [3.05, 3.63) is 53.1 Å². The summed E-state index contributed by atoms with van der Waals surface area (Å²) in [6.07, 6.45) is 0. The lowest BCUT2D eigenvalue weighted by atomic mass is 10.2. The van der Waals surface area contributed by atoms with Gasteiger partial charge >= 0.3 is 6.61 Å². The molecule has 0 bridgehead atoms. The molecule has 21 heavy (non-hydrogen) atoms. The van der Waals surface area contributed by atoms with Crippen molar-refractivity contribution in [3.63, 3.8) is 0 Å². The summed E-state index contributed by atoms with van der Waals surface area (Å²) in [5.41, 5.74) is 6.28. The van der Waals surface area contributed by atoms with E-state index in [0.29, 0.717) is 5.69 Å². The number of nitrogen functional groups attached to an aromatic ring is 1.